The molecule has 0 aliphatic rings. The fourth-order valence-corrected chi connectivity index (χ4v) is 2.35. The average molecular weight is 232 g/mol. The predicted octanol–water partition coefficient (Wildman–Crippen LogP) is -0.375. The van der Waals surface area contributed by atoms with Gasteiger partial charge in [-0.25, -0.2) is 13.4 Å². The fourth-order valence-electron chi connectivity index (χ4n) is 1.16. The molecule has 0 fully saturated rings. The summed E-state index contributed by atoms with van der Waals surface area (Å²) in [5, 5.41) is 0.106. The van der Waals surface area contributed by atoms with Gasteiger partial charge in [-0.1, -0.05) is 6.92 Å². The first-order chi connectivity index (χ1) is 6.98. The van der Waals surface area contributed by atoms with E-state index in [4.69, 9.17) is 5.73 Å². The molecule has 1 heterocycles. The lowest BCUT2D eigenvalue weighted by molar-refractivity contribution is 0.404. The Hall–Kier alpha value is -0.920. The monoisotopic (exact) mass is 232 g/mol. The number of aromatic nitrogens is 2. The zero-order chi connectivity index (χ0) is 11.5. The van der Waals surface area contributed by atoms with Crippen molar-refractivity contribution in [3.05, 3.63) is 12.5 Å². The summed E-state index contributed by atoms with van der Waals surface area (Å²) in [6.45, 7) is 2.76. The van der Waals surface area contributed by atoms with E-state index in [9.17, 15) is 8.42 Å². The van der Waals surface area contributed by atoms with Crippen LogP contribution < -0.4 is 5.73 Å². The number of hydrogen-bond donors (Lipinski definition) is 2. The topological polar surface area (TPSA) is 92.1 Å². The van der Waals surface area contributed by atoms with E-state index < -0.39 is 10.0 Å². The molecule has 0 spiro atoms. The smallest absolute Gasteiger partial charge is 0.259 e. The first-order valence-corrected chi connectivity index (χ1v) is 6.07. The number of rotatable bonds is 5. The second kappa shape index (κ2) is 4.73. The van der Waals surface area contributed by atoms with E-state index in [1.807, 2.05) is 6.92 Å². The molecule has 0 saturated heterocycles. The summed E-state index contributed by atoms with van der Waals surface area (Å²) in [4.78, 5) is 6.26. The standard InChI is InChI=1S/C8H16N4O2S/c1-7(3-9)5-12(2)15(13,14)8-4-10-6-11-8/h4,6-7H,3,5,9H2,1-2H3,(H,10,11). The maximum atomic E-state index is 11.9. The normalized spacial score (nSPS) is 14.4. The lowest BCUT2D eigenvalue weighted by Gasteiger charge is -2.19. The van der Waals surface area contributed by atoms with E-state index >= 15 is 0 Å². The third-order valence-corrected chi connectivity index (χ3v) is 3.88. The Morgan fingerprint density at radius 1 is 1.67 bits per heavy atom. The van der Waals surface area contributed by atoms with Gasteiger partial charge in [-0.05, 0) is 12.5 Å². The molecule has 6 nitrogen and oxygen atoms in total. The summed E-state index contributed by atoms with van der Waals surface area (Å²) in [6.07, 6.45) is 2.63. The molecule has 1 unspecified atom stereocenters. The minimum Gasteiger partial charge on any atom is -0.335 e. The molecule has 1 aromatic heterocycles. The van der Waals surface area contributed by atoms with Gasteiger partial charge in [-0.15, -0.1) is 0 Å². The van der Waals surface area contributed by atoms with E-state index in [0.717, 1.165) is 0 Å². The van der Waals surface area contributed by atoms with Crippen molar-refractivity contribution >= 4 is 10.0 Å². The summed E-state index contributed by atoms with van der Waals surface area (Å²) >= 11 is 0. The van der Waals surface area contributed by atoms with Crippen molar-refractivity contribution in [1.82, 2.24) is 14.3 Å². The van der Waals surface area contributed by atoms with Crippen LogP contribution in [0.15, 0.2) is 17.6 Å². The molecular weight excluding hydrogens is 216 g/mol. The number of nitrogens with zero attached hydrogens (tertiary/aromatic N) is 2. The van der Waals surface area contributed by atoms with Crippen LogP contribution in [0.5, 0.6) is 0 Å². The van der Waals surface area contributed by atoms with Gasteiger partial charge in [0.05, 0.1) is 12.5 Å². The third kappa shape index (κ3) is 2.77. The minimum atomic E-state index is -3.44. The van der Waals surface area contributed by atoms with Crippen molar-refractivity contribution in [1.29, 1.82) is 0 Å². The molecule has 0 saturated carbocycles. The van der Waals surface area contributed by atoms with Gasteiger partial charge in [0.2, 0.25) is 0 Å². The Kier molecular flexibility index (Phi) is 3.83. The highest BCUT2D eigenvalue weighted by atomic mass is 32.2. The number of imidazole rings is 1. The highest BCUT2D eigenvalue weighted by Gasteiger charge is 2.22. The average Bonchev–Trinajstić information content (AvgIpc) is 2.70. The Labute approximate surface area is 89.5 Å². The molecule has 0 aliphatic carbocycles. The summed E-state index contributed by atoms with van der Waals surface area (Å²) in [6, 6.07) is 0. The van der Waals surface area contributed by atoms with Crippen LogP contribution in [0.3, 0.4) is 0 Å². The lowest BCUT2D eigenvalue weighted by Crippen LogP contribution is -2.33. The predicted molar refractivity (Wildman–Crippen MR) is 56.6 cm³/mol. The van der Waals surface area contributed by atoms with Gasteiger partial charge in [-0.3, -0.25) is 0 Å². The molecule has 1 rings (SSSR count). The van der Waals surface area contributed by atoms with Gasteiger partial charge in [0.25, 0.3) is 10.0 Å². The SMILES string of the molecule is CC(CN)CN(C)S(=O)(=O)c1cnc[nH]1. The van der Waals surface area contributed by atoms with E-state index in [1.165, 1.54) is 23.9 Å². The molecule has 0 aliphatic heterocycles. The van der Waals surface area contributed by atoms with Crippen LogP contribution in [0, 0.1) is 5.92 Å². The maximum Gasteiger partial charge on any atom is 0.259 e. The number of sulfonamides is 1. The molecular formula is C8H16N4O2S. The van der Waals surface area contributed by atoms with Crippen molar-refractivity contribution in [2.24, 2.45) is 11.7 Å². The van der Waals surface area contributed by atoms with E-state index in [-0.39, 0.29) is 10.9 Å². The lowest BCUT2D eigenvalue weighted by atomic mass is 10.2. The van der Waals surface area contributed by atoms with Gasteiger partial charge in [0, 0.05) is 13.6 Å². The third-order valence-electron chi connectivity index (χ3n) is 2.13. The second-order valence-electron chi connectivity index (χ2n) is 3.54. The first kappa shape index (κ1) is 12.2. The number of nitrogens with two attached hydrogens (primary N) is 1. The Morgan fingerprint density at radius 2 is 2.33 bits per heavy atom. The molecule has 0 amide bonds. The van der Waals surface area contributed by atoms with Crippen LogP contribution in [0.2, 0.25) is 0 Å². The van der Waals surface area contributed by atoms with Crippen LogP contribution in [0.25, 0.3) is 0 Å². The Morgan fingerprint density at radius 3 is 2.80 bits per heavy atom. The molecule has 0 bridgehead atoms. The minimum absolute atomic E-state index is 0.106. The highest BCUT2D eigenvalue weighted by molar-refractivity contribution is 7.89. The molecule has 86 valence electrons. The molecule has 3 N–H and O–H groups in total. The zero-order valence-corrected chi connectivity index (χ0v) is 9.66. The largest absolute Gasteiger partial charge is 0.335 e. The van der Waals surface area contributed by atoms with Gasteiger partial charge >= 0.3 is 0 Å². The molecule has 0 radical (unpaired) electrons. The molecule has 1 atom stereocenters. The number of H-pyrrole nitrogens is 1. The van der Waals surface area contributed by atoms with Crippen molar-refractivity contribution in [3.63, 3.8) is 0 Å². The molecule has 7 heteroatoms. The van der Waals surface area contributed by atoms with Crippen molar-refractivity contribution in [2.45, 2.75) is 11.9 Å². The number of nitrogens with one attached hydrogen (secondary N) is 1. The van der Waals surface area contributed by atoms with Crippen LogP contribution in [0.1, 0.15) is 6.92 Å². The second-order valence-corrected chi connectivity index (χ2v) is 5.56. The fraction of sp³-hybridized carbons (Fsp3) is 0.625. The Balaban J connectivity index is 2.79. The van der Waals surface area contributed by atoms with Crippen LogP contribution in [-0.4, -0.2) is 42.8 Å². The summed E-state index contributed by atoms with van der Waals surface area (Å²) in [5.41, 5.74) is 5.44. The van der Waals surface area contributed by atoms with Gasteiger partial charge in [-0.2, -0.15) is 4.31 Å². The number of hydrogen-bond acceptors (Lipinski definition) is 4. The van der Waals surface area contributed by atoms with Crippen LogP contribution in [-0.2, 0) is 10.0 Å². The van der Waals surface area contributed by atoms with Crippen LogP contribution in [0.4, 0.5) is 0 Å². The zero-order valence-electron chi connectivity index (χ0n) is 8.84. The summed E-state index contributed by atoms with van der Waals surface area (Å²) in [7, 11) is -1.91. The highest BCUT2D eigenvalue weighted by Crippen LogP contribution is 2.11. The number of aromatic amines is 1. The van der Waals surface area contributed by atoms with E-state index in [0.29, 0.717) is 13.1 Å². The van der Waals surface area contributed by atoms with Gasteiger partial charge in [0.15, 0.2) is 5.03 Å². The first-order valence-electron chi connectivity index (χ1n) is 4.63. The van der Waals surface area contributed by atoms with Crippen molar-refractivity contribution in [3.8, 4) is 0 Å². The molecule has 1 aromatic rings. The van der Waals surface area contributed by atoms with Crippen LogP contribution >= 0.6 is 0 Å². The molecule has 0 aromatic carbocycles. The van der Waals surface area contributed by atoms with Crippen molar-refractivity contribution in [2.75, 3.05) is 20.1 Å². The summed E-state index contributed by atoms with van der Waals surface area (Å²) in [5.74, 6) is 0.132. The molecule has 15 heavy (non-hydrogen) atoms. The van der Waals surface area contributed by atoms with E-state index in [2.05, 4.69) is 9.97 Å². The maximum absolute atomic E-state index is 11.9. The van der Waals surface area contributed by atoms with Crippen molar-refractivity contribution < 1.29 is 8.42 Å². The Bertz CT molecular complexity index is 387. The quantitative estimate of drug-likeness (QED) is 0.724. The summed E-state index contributed by atoms with van der Waals surface area (Å²) < 4.78 is 25.0. The van der Waals surface area contributed by atoms with Gasteiger partial charge < -0.3 is 10.7 Å². The van der Waals surface area contributed by atoms with E-state index in [1.54, 1.807) is 0 Å². The van der Waals surface area contributed by atoms with Gasteiger partial charge in [0.1, 0.15) is 0 Å².